The molecule has 0 heterocycles. The Balaban J connectivity index is 3.38. The van der Waals surface area contributed by atoms with E-state index in [0.29, 0.717) is 13.0 Å². The van der Waals surface area contributed by atoms with Crippen molar-refractivity contribution in [1.82, 2.24) is 0 Å². The summed E-state index contributed by atoms with van der Waals surface area (Å²) in [6, 6.07) is 0. The van der Waals surface area contributed by atoms with Gasteiger partial charge in [0.05, 0.1) is 18.0 Å². The SMILES string of the molecule is CCOC(=O)C(C)SCCCCC(C)F. The fourth-order valence-electron chi connectivity index (χ4n) is 1.12. The van der Waals surface area contributed by atoms with Gasteiger partial charge in [-0.3, -0.25) is 4.79 Å². The van der Waals surface area contributed by atoms with E-state index in [2.05, 4.69) is 0 Å². The summed E-state index contributed by atoms with van der Waals surface area (Å²) in [6.07, 6.45) is 1.76. The van der Waals surface area contributed by atoms with Crippen LogP contribution in [0.5, 0.6) is 0 Å². The number of hydrogen-bond acceptors (Lipinski definition) is 3. The second-order valence-electron chi connectivity index (χ2n) is 3.54. The molecule has 0 aromatic rings. The van der Waals surface area contributed by atoms with E-state index in [1.165, 1.54) is 0 Å². The Hall–Kier alpha value is -0.250. The minimum absolute atomic E-state index is 0.104. The highest BCUT2D eigenvalue weighted by Gasteiger charge is 2.13. The third-order valence-corrected chi connectivity index (χ3v) is 3.20. The maximum atomic E-state index is 12.4. The highest BCUT2D eigenvalue weighted by molar-refractivity contribution is 8.00. The third-order valence-electron chi connectivity index (χ3n) is 1.98. The number of ether oxygens (including phenoxy) is 1. The third kappa shape index (κ3) is 8.73. The largest absolute Gasteiger partial charge is 0.465 e. The van der Waals surface area contributed by atoms with E-state index >= 15 is 0 Å². The lowest BCUT2D eigenvalue weighted by Gasteiger charge is -2.09. The number of carbonyl (C=O) groups is 1. The molecule has 0 aromatic carbocycles. The minimum atomic E-state index is -0.711. The number of carbonyl (C=O) groups excluding carboxylic acids is 1. The number of rotatable bonds is 8. The molecule has 0 saturated heterocycles. The van der Waals surface area contributed by atoms with Crippen LogP contribution in [-0.4, -0.2) is 29.8 Å². The molecule has 15 heavy (non-hydrogen) atoms. The van der Waals surface area contributed by atoms with Gasteiger partial charge in [0, 0.05) is 0 Å². The van der Waals surface area contributed by atoms with Crippen LogP contribution in [0.4, 0.5) is 4.39 Å². The van der Waals surface area contributed by atoms with Gasteiger partial charge in [-0.25, -0.2) is 4.39 Å². The molecule has 2 nitrogen and oxygen atoms in total. The van der Waals surface area contributed by atoms with Gasteiger partial charge in [0.1, 0.15) is 0 Å². The molecule has 4 heteroatoms. The lowest BCUT2D eigenvalue weighted by atomic mass is 10.2. The molecular weight excluding hydrogens is 215 g/mol. The first-order valence-electron chi connectivity index (χ1n) is 5.50. The van der Waals surface area contributed by atoms with Crippen LogP contribution < -0.4 is 0 Å². The fourth-order valence-corrected chi connectivity index (χ4v) is 2.04. The number of hydrogen-bond donors (Lipinski definition) is 0. The van der Waals surface area contributed by atoms with Gasteiger partial charge in [-0.1, -0.05) is 0 Å². The summed E-state index contributed by atoms with van der Waals surface area (Å²) in [4.78, 5) is 11.2. The number of halogens is 1. The Morgan fingerprint density at radius 2 is 2.07 bits per heavy atom. The predicted molar refractivity (Wildman–Crippen MR) is 63.0 cm³/mol. The summed E-state index contributed by atoms with van der Waals surface area (Å²) in [5, 5.41) is -0.104. The quantitative estimate of drug-likeness (QED) is 0.478. The van der Waals surface area contributed by atoms with E-state index in [0.717, 1.165) is 18.6 Å². The number of unbranched alkanes of at least 4 members (excludes halogenated alkanes) is 1. The summed E-state index contributed by atoms with van der Waals surface area (Å²) < 4.78 is 17.3. The molecule has 0 N–H and O–H groups in total. The molecule has 0 rings (SSSR count). The molecular formula is C11H21FO2S. The van der Waals surface area contributed by atoms with Crippen LogP contribution in [0.1, 0.15) is 40.0 Å². The van der Waals surface area contributed by atoms with Gasteiger partial charge in [0.2, 0.25) is 0 Å². The van der Waals surface area contributed by atoms with E-state index in [-0.39, 0.29) is 11.2 Å². The molecule has 0 aliphatic heterocycles. The summed E-state index contributed by atoms with van der Waals surface area (Å²) in [7, 11) is 0. The van der Waals surface area contributed by atoms with Crippen LogP contribution in [0.2, 0.25) is 0 Å². The summed E-state index contributed by atoms with van der Waals surface area (Å²) >= 11 is 1.58. The van der Waals surface area contributed by atoms with Crippen molar-refractivity contribution in [2.75, 3.05) is 12.4 Å². The molecule has 0 bridgehead atoms. The molecule has 0 saturated carbocycles. The number of thioether (sulfide) groups is 1. The molecule has 0 fully saturated rings. The average molecular weight is 236 g/mol. The Labute approximate surface area is 96.0 Å². The van der Waals surface area contributed by atoms with Crippen molar-refractivity contribution in [3.63, 3.8) is 0 Å². The zero-order chi connectivity index (χ0) is 11.7. The van der Waals surface area contributed by atoms with Crippen LogP contribution in [0, 0.1) is 0 Å². The Morgan fingerprint density at radius 3 is 2.60 bits per heavy atom. The van der Waals surface area contributed by atoms with Gasteiger partial charge >= 0.3 is 5.97 Å². The van der Waals surface area contributed by atoms with E-state index < -0.39 is 6.17 Å². The van der Waals surface area contributed by atoms with E-state index in [4.69, 9.17) is 4.74 Å². The van der Waals surface area contributed by atoms with Gasteiger partial charge in [-0.05, 0) is 45.8 Å². The minimum Gasteiger partial charge on any atom is -0.465 e. The van der Waals surface area contributed by atoms with Crippen molar-refractivity contribution >= 4 is 17.7 Å². The molecule has 0 aromatic heterocycles. The number of esters is 1. The van der Waals surface area contributed by atoms with Crippen LogP contribution in [-0.2, 0) is 9.53 Å². The standard InChI is InChI=1S/C11H21FO2S/c1-4-14-11(13)10(3)15-8-6-5-7-9(2)12/h9-10H,4-8H2,1-3H3. The number of alkyl halides is 1. The van der Waals surface area contributed by atoms with Crippen LogP contribution in [0.3, 0.4) is 0 Å². The molecule has 0 aliphatic rings. The van der Waals surface area contributed by atoms with Gasteiger partial charge in [0.25, 0.3) is 0 Å². The molecule has 0 amide bonds. The van der Waals surface area contributed by atoms with Gasteiger partial charge in [-0.15, -0.1) is 11.8 Å². The van der Waals surface area contributed by atoms with Crippen LogP contribution in [0.15, 0.2) is 0 Å². The molecule has 0 radical (unpaired) electrons. The Morgan fingerprint density at radius 1 is 1.40 bits per heavy atom. The maximum Gasteiger partial charge on any atom is 0.318 e. The summed E-state index contributed by atoms with van der Waals surface area (Å²) in [6.45, 7) is 5.66. The predicted octanol–water partition coefficient (Wildman–Crippen LogP) is 3.20. The lowest BCUT2D eigenvalue weighted by Crippen LogP contribution is -2.17. The molecule has 90 valence electrons. The van der Waals surface area contributed by atoms with Crippen molar-refractivity contribution in [3.8, 4) is 0 Å². The summed E-state index contributed by atoms with van der Waals surface area (Å²) in [5.41, 5.74) is 0. The first kappa shape index (κ1) is 14.8. The van der Waals surface area contributed by atoms with Gasteiger partial charge in [0.15, 0.2) is 0 Å². The first-order chi connectivity index (χ1) is 7.07. The van der Waals surface area contributed by atoms with Crippen molar-refractivity contribution in [1.29, 1.82) is 0 Å². The highest BCUT2D eigenvalue weighted by Crippen LogP contribution is 2.15. The zero-order valence-electron chi connectivity index (χ0n) is 9.79. The van der Waals surface area contributed by atoms with Gasteiger partial charge < -0.3 is 4.74 Å². The molecule has 0 aliphatic carbocycles. The maximum absolute atomic E-state index is 12.4. The Bertz CT molecular complexity index is 174. The van der Waals surface area contributed by atoms with E-state index in [1.54, 1.807) is 25.6 Å². The van der Waals surface area contributed by atoms with E-state index in [1.807, 2.05) is 6.92 Å². The normalized spacial score (nSPS) is 14.7. The average Bonchev–Trinajstić information content (AvgIpc) is 2.16. The van der Waals surface area contributed by atoms with Crippen molar-refractivity contribution < 1.29 is 13.9 Å². The summed E-state index contributed by atoms with van der Waals surface area (Å²) in [5.74, 6) is 0.744. The monoisotopic (exact) mass is 236 g/mol. The topological polar surface area (TPSA) is 26.3 Å². The highest BCUT2D eigenvalue weighted by atomic mass is 32.2. The van der Waals surface area contributed by atoms with Crippen molar-refractivity contribution in [2.45, 2.75) is 51.5 Å². The lowest BCUT2D eigenvalue weighted by molar-refractivity contribution is -0.142. The molecule has 2 atom stereocenters. The van der Waals surface area contributed by atoms with Crippen molar-refractivity contribution in [3.05, 3.63) is 0 Å². The van der Waals surface area contributed by atoms with Crippen molar-refractivity contribution in [2.24, 2.45) is 0 Å². The second kappa shape index (κ2) is 9.01. The van der Waals surface area contributed by atoms with E-state index in [9.17, 15) is 9.18 Å². The molecule has 0 spiro atoms. The first-order valence-corrected chi connectivity index (χ1v) is 6.55. The fraction of sp³-hybridized carbons (Fsp3) is 0.909. The van der Waals surface area contributed by atoms with Crippen LogP contribution in [0.25, 0.3) is 0 Å². The smallest absolute Gasteiger partial charge is 0.318 e. The zero-order valence-corrected chi connectivity index (χ0v) is 10.6. The van der Waals surface area contributed by atoms with Crippen LogP contribution >= 0.6 is 11.8 Å². The van der Waals surface area contributed by atoms with Gasteiger partial charge in [-0.2, -0.15) is 0 Å². The Kier molecular flexibility index (Phi) is 8.86. The molecule has 2 unspecified atom stereocenters. The second-order valence-corrected chi connectivity index (χ2v) is 4.99.